The van der Waals surface area contributed by atoms with E-state index in [0.717, 1.165) is 16.9 Å². The van der Waals surface area contributed by atoms with Gasteiger partial charge in [-0.15, -0.1) is 17.9 Å². The molecule has 4 rings (SSSR count). The molecule has 9 heteroatoms. The van der Waals surface area contributed by atoms with Gasteiger partial charge in [-0.05, 0) is 42.0 Å². The highest BCUT2D eigenvalue weighted by atomic mass is 32.2. The predicted molar refractivity (Wildman–Crippen MR) is 138 cm³/mol. The van der Waals surface area contributed by atoms with Gasteiger partial charge in [-0.2, -0.15) is 0 Å². The zero-order valence-electron chi connectivity index (χ0n) is 18.7. The van der Waals surface area contributed by atoms with Crippen LogP contribution in [0, 0.1) is 0 Å². The number of thiophene rings is 1. The van der Waals surface area contributed by atoms with E-state index >= 15 is 0 Å². The van der Waals surface area contributed by atoms with Crippen molar-refractivity contribution in [3.63, 3.8) is 0 Å². The van der Waals surface area contributed by atoms with E-state index in [1.807, 2.05) is 29.6 Å². The first-order valence-corrected chi connectivity index (χ1v) is 12.2. The number of ether oxygens (including phenoxy) is 2. The van der Waals surface area contributed by atoms with Crippen LogP contribution in [0.2, 0.25) is 0 Å². The smallest absolute Gasteiger partial charge is 0.263 e. The number of methoxy groups -OCH3 is 2. The lowest BCUT2D eigenvalue weighted by Crippen LogP contribution is -2.23. The van der Waals surface area contributed by atoms with Gasteiger partial charge in [0.25, 0.3) is 5.56 Å². The first-order valence-electron chi connectivity index (χ1n) is 10.4. The van der Waals surface area contributed by atoms with Crippen LogP contribution >= 0.6 is 23.1 Å². The van der Waals surface area contributed by atoms with Gasteiger partial charge >= 0.3 is 0 Å². The highest BCUT2D eigenvalue weighted by molar-refractivity contribution is 7.99. The van der Waals surface area contributed by atoms with E-state index in [-0.39, 0.29) is 17.2 Å². The number of carbonyl (C=O) groups is 1. The molecular formula is C25H23N3O4S2. The van der Waals surface area contributed by atoms with Crippen molar-refractivity contribution >= 4 is 44.9 Å². The van der Waals surface area contributed by atoms with Gasteiger partial charge in [-0.3, -0.25) is 14.2 Å². The number of allylic oxidation sites excluding steroid dienone is 1. The van der Waals surface area contributed by atoms with Gasteiger partial charge in [0.15, 0.2) is 5.16 Å². The fourth-order valence-corrected chi connectivity index (χ4v) is 5.19. The third-order valence-electron chi connectivity index (χ3n) is 5.08. The summed E-state index contributed by atoms with van der Waals surface area (Å²) in [5, 5.41) is 5.81. The Hall–Kier alpha value is -3.56. The number of benzene rings is 2. The van der Waals surface area contributed by atoms with E-state index in [1.54, 1.807) is 49.1 Å². The van der Waals surface area contributed by atoms with Crippen LogP contribution in [0.25, 0.3) is 21.3 Å². The Bertz CT molecular complexity index is 1380. The Morgan fingerprint density at radius 3 is 2.38 bits per heavy atom. The normalized spacial score (nSPS) is 10.8. The number of rotatable bonds is 9. The third kappa shape index (κ3) is 5.00. The average Bonchev–Trinajstić information content (AvgIpc) is 3.29. The van der Waals surface area contributed by atoms with E-state index < -0.39 is 0 Å². The molecule has 2 aromatic carbocycles. The Balaban J connectivity index is 1.59. The summed E-state index contributed by atoms with van der Waals surface area (Å²) in [4.78, 5) is 31.3. The first-order chi connectivity index (χ1) is 16.5. The van der Waals surface area contributed by atoms with Crippen molar-refractivity contribution in [2.45, 2.75) is 11.7 Å². The molecule has 1 amide bonds. The van der Waals surface area contributed by atoms with Gasteiger partial charge in [0, 0.05) is 23.2 Å². The second-order valence-electron chi connectivity index (χ2n) is 7.22. The maximum absolute atomic E-state index is 13.4. The lowest BCUT2D eigenvalue weighted by Gasteiger charge is -2.11. The molecular weight excluding hydrogens is 470 g/mol. The molecule has 0 aliphatic carbocycles. The summed E-state index contributed by atoms with van der Waals surface area (Å²) in [5.41, 5.74) is 2.25. The van der Waals surface area contributed by atoms with Crippen LogP contribution in [0.1, 0.15) is 0 Å². The Labute approximate surface area is 205 Å². The van der Waals surface area contributed by atoms with E-state index in [0.29, 0.717) is 33.4 Å². The molecule has 0 radical (unpaired) electrons. The van der Waals surface area contributed by atoms with Crippen LogP contribution in [0.5, 0.6) is 11.5 Å². The predicted octanol–water partition coefficient (Wildman–Crippen LogP) is 5.06. The molecule has 174 valence electrons. The number of anilines is 1. The quantitative estimate of drug-likeness (QED) is 0.199. The minimum absolute atomic E-state index is 0.109. The second-order valence-corrected chi connectivity index (χ2v) is 9.02. The molecule has 0 atom stereocenters. The summed E-state index contributed by atoms with van der Waals surface area (Å²) in [6.07, 6.45) is 1.65. The number of amides is 1. The highest BCUT2D eigenvalue weighted by Crippen LogP contribution is 2.33. The van der Waals surface area contributed by atoms with Gasteiger partial charge in [0.1, 0.15) is 16.3 Å². The summed E-state index contributed by atoms with van der Waals surface area (Å²) >= 11 is 2.63. The number of nitrogens with one attached hydrogen (secondary N) is 1. The summed E-state index contributed by atoms with van der Waals surface area (Å²) in [6, 6.07) is 14.7. The van der Waals surface area contributed by atoms with E-state index in [2.05, 4.69) is 11.9 Å². The number of carbonyl (C=O) groups excluding carboxylic acids is 1. The van der Waals surface area contributed by atoms with Crippen LogP contribution in [-0.2, 0) is 11.3 Å². The van der Waals surface area contributed by atoms with Crippen molar-refractivity contribution < 1.29 is 14.3 Å². The number of thioether (sulfide) groups is 1. The van der Waals surface area contributed by atoms with E-state index in [9.17, 15) is 9.59 Å². The van der Waals surface area contributed by atoms with Crippen LogP contribution in [0.3, 0.4) is 0 Å². The maximum Gasteiger partial charge on any atom is 0.263 e. The molecule has 7 nitrogen and oxygen atoms in total. The molecule has 0 unspecified atom stereocenters. The van der Waals surface area contributed by atoms with Crippen LogP contribution in [-0.4, -0.2) is 35.4 Å². The van der Waals surface area contributed by atoms with Crippen molar-refractivity contribution in [2.75, 3.05) is 25.3 Å². The number of hydrogen-bond donors (Lipinski definition) is 1. The molecule has 0 saturated heterocycles. The molecule has 34 heavy (non-hydrogen) atoms. The highest BCUT2D eigenvalue weighted by Gasteiger charge is 2.18. The number of fused-ring (bicyclic) bond motifs is 1. The zero-order chi connectivity index (χ0) is 24.1. The monoisotopic (exact) mass is 493 g/mol. The largest absolute Gasteiger partial charge is 0.497 e. The fourth-order valence-electron chi connectivity index (χ4n) is 3.39. The number of nitrogens with zero attached hydrogens (tertiary/aromatic N) is 2. The van der Waals surface area contributed by atoms with Crippen LogP contribution in [0.4, 0.5) is 5.69 Å². The SMILES string of the molecule is C=CCn1c(SCC(=O)Nc2ccc(OC)cc2)nc2scc(-c3ccc(OC)cc3)c2c1=O. The van der Waals surface area contributed by atoms with Gasteiger partial charge in [-0.1, -0.05) is 30.0 Å². The Morgan fingerprint density at radius 1 is 1.12 bits per heavy atom. The molecule has 1 N–H and O–H groups in total. The molecule has 2 aromatic heterocycles. The molecule has 0 aliphatic heterocycles. The van der Waals surface area contributed by atoms with Gasteiger partial charge in [-0.25, -0.2) is 4.98 Å². The summed E-state index contributed by atoms with van der Waals surface area (Å²) in [7, 11) is 3.20. The number of aromatic nitrogens is 2. The van der Waals surface area contributed by atoms with Crippen molar-refractivity contribution in [3.8, 4) is 22.6 Å². The summed E-state index contributed by atoms with van der Waals surface area (Å²) < 4.78 is 11.9. The fraction of sp³-hybridized carbons (Fsp3) is 0.160. The minimum Gasteiger partial charge on any atom is -0.497 e. The lowest BCUT2D eigenvalue weighted by atomic mass is 10.1. The van der Waals surface area contributed by atoms with Crippen LogP contribution < -0.4 is 20.3 Å². The summed E-state index contributed by atoms with van der Waals surface area (Å²) in [5.74, 6) is 1.37. The third-order valence-corrected chi connectivity index (χ3v) is 6.93. The van der Waals surface area contributed by atoms with Crippen molar-refractivity contribution in [1.82, 2.24) is 9.55 Å². The van der Waals surface area contributed by atoms with Crippen molar-refractivity contribution in [1.29, 1.82) is 0 Å². The number of hydrogen-bond acceptors (Lipinski definition) is 7. The molecule has 0 aliphatic rings. The van der Waals surface area contributed by atoms with Gasteiger partial charge in [0.2, 0.25) is 5.91 Å². The van der Waals surface area contributed by atoms with E-state index in [4.69, 9.17) is 14.5 Å². The second kappa shape index (κ2) is 10.6. The molecule has 0 saturated carbocycles. The topological polar surface area (TPSA) is 82.5 Å². The van der Waals surface area contributed by atoms with Gasteiger partial charge < -0.3 is 14.8 Å². The van der Waals surface area contributed by atoms with Gasteiger partial charge in [0.05, 0.1) is 25.4 Å². The van der Waals surface area contributed by atoms with Crippen molar-refractivity contribution in [2.24, 2.45) is 0 Å². The first kappa shape index (κ1) is 23.6. The Kier molecular flexibility index (Phi) is 7.34. The van der Waals surface area contributed by atoms with Crippen LogP contribution in [0.15, 0.2) is 76.5 Å². The molecule has 2 heterocycles. The lowest BCUT2D eigenvalue weighted by molar-refractivity contribution is -0.113. The minimum atomic E-state index is -0.195. The summed E-state index contributed by atoms with van der Waals surface area (Å²) in [6.45, 7) is 4.07. The molecule has 0 spiro atoms. The Morgan fingerprint density at radius 2 is 1.76 bits per heavy atom. The van der Waals surface area contributed by atoms with E-state index in [1.165, 1.54) is 23.1 Å². The molecule has 0 fully saturated rings. The molecule has 4 aromatic rings. The van der Waals surface area contributed by atoms with Crippen molar-refractivity contribution in [3.05, 3.63) is 76.9 Å². The average molecular weight is 494 g/mol. The zero-order valence-corrected chi connectivity index (χ0v) is 20.4. The standard InChI is InChI=1S/C25H23N3O4S2/c1-4-13-28-24(30)22-20(16-5-9-18(31-2)10-6-16)14-33-23(22)27-25(28)34-15-21(29)26-17-7-11-19(32-3)12-8-17/h4-12,14H,1,13,15H2,2-3H3,(H,26,29). The maximum atomic E-state index is 13.4. The molecule has 0 bridgehead atoms.